The predicted octanol–water partition coefficient (Wildman–Crippen LogP) is 2.22. The number of halogens is 1. The normalized spacial score (nSPS) is 11.4. The summed E-state index contributed by atoms with van der Waals surface area (Å²) in [5.74, 6) is -0.301. The SMILES string of the molecule is Cc1cc(S(=O)(=O)Cl)ccc1NC(=O)c1cn(C)nc1C. The Bertz CT molecular complexity index is 812. The van der Waals surface area contributed by atoms with Crippen LogP contribution in [0.15, 0.2) is 29.3 Å². The number of carbonyl (C=O) groups is 1. The molecule has 0 unspecified atom stereocenters. The highest BCUT2D eigenvalue weighted by atomic mass is 35.7. The number of hydrogen-bond acceptors (Lipinski definition) is 4. The molecule has 0 fully saturated rings. The Morgan fingerprint density at radius 3 is 2.48 bits per heavy atom. The molecule has 112 valence electrons. The number of carbonyl (C=O) groups excluding carboxylic acids is 1. The van der Waals surface area contributed by atoms with Crippen molar-refractivity contribution in [2.24, 2.45) is 7.05 Å². The van der Waals surface area contributed by atoms with Crippen LogP contribution in [0, 0.1) is 13.8 Å². The lowest BCUT2D eigenvalue weighted by Gasteiger charge is -2.08. The number of anilines is 1. The third kappa shape index (κ3) is 3.43. The third-order valence-corrected chi connectivity index (χ3v) is 4.34. The summed E-state index contributed by atoms with van der Waals surface area (Å²) in [7, 11) is 3.23. The van der Waals surface area contributed by atoms with E-state index >= 15 is 0 Å². The van der Waals surface area contributed by atoms with Gasteiger partial charge in [0, 0.05) is 29.6 Å². The summed E-state index contributed by atoms with van der Waals surface area (Å²) >= 11 is 0. The number of rotatable bonds is 3. The van der Waals surface area contributed by atoms with E-state index in [-0.39, 0.29) is 10.8 Å². The maximum absolute atomic E-state index is 12.2. The van der Waals surface area contributed by atoms with Gasteiger partial charge in [0.1, 0.15) is 0 Å². The van der Waals surface area contributed by atoms with Crippen molar-refractivity contribution >= 4 is 31.3 Å². The van der Waals surface area contributed by atoms with E-state index in [0.717, 1.165) is 0 Å². The predicted molar refractivity (Wildman–Crippen MR) is 80.1 cm³/mol. The summed E-state index contributed by atoms with van der Waals surface area (Å²) in [6, 6.07) is 4.27. The summed E-state index contributed by atoms with van der Waals surface area (Å²) in [4.78, 5) is 12.2. The lowest BCUT2D eigenvalue weighted by molar-refractivity contribution is 0.102. The van der Waals surface area contributed by atoms with E-state index in [2.05, 4.69) is 10.4 Å². The Hall–Kier alpha value is -1.86. The molecule has 0 aliphatic heterocycles. The number of benzene rings is 1. The first-order chi connectivity index (χ1) is 9.68. The summed E-state index contributed by atoms with van der Waals surface area (Å²) in [5.41, 5.74) is 2.21. The first-order valence-electron chi connectivity index (χ1n) is 6.05. The van der Waals surface area contributed by atoms with Gasteiger partial charge in [-0.1, -0.05) is 0 Å². The molecule has 2 rings (SSSR count). The van der Waals surface area contributed by atoms with Crippen LogP contribution in [-0.2, 0) is 16.1 Å². The lowest BCUT2D eigenvalue weighted by Crippen LogP contribution is -2.13. The van der Waals surface area contributed by atoms with Crippen molar-refractivity contribution in [3.05, 3.63) is 41.2 Å². The number of nitrogens with zero attached hydrogens (tertiary/aromatic N) is 2. The minimum atomic E-state index is -3.78. The quantitative estimate of drug-likeness (QED) is 0.876. The molecular formula is C13H14ClN3O3S. The van der Waals surface area contributed by atoms with Gasteiger partial charge in [-0.15, -0.1) is 0 Å². The van der Waals surface area contributed by atoms with Gasteiger partial charge in [0.15, 0.2) is 0 Å². The monoisotopic (exact) mass is 327 g/mol. The van der Waals surface area contributed by atoms with Crippen LogP contribution >= 0.6 is 10.7 Å². The van der Waals surface area contributed by atoms with Gasteiger partial charge in [0.2, 0.25) is 0 Å². The van der Waals surface area contributed by atoms with Crippen LogP contribution in [0.1, 0.15) is 21.6 Å². The Labute approximate surface area is 127 Å². The molecule has 1 N–H and O–H groups in total. The average molecular weight is 328 g/mol. The van der Waals surface area contributed by atoms with Crippen molar-refractivity contribution < 1.29 is 13.2 Å². The number of nitrogens with one attached hydrogen (secondary N) is 1. The zero-order chi connectivity index (χ0) is 15.8. The molecule has 0 bridgehead atoms. The molecule has 6 nitrogen and oxygen atoms in total. The first-order valence-corrected chi connectivity index (χ1v) is 8.36. The van der Waals surface area contributed by atoms with Crippen LogP contribution in [0.25, 0.3) is 0 Å². The van der Waals surface area contributed by atoms with Gasteiger partial charge in [0.05, 0.1) is 16.2 Å². The highest BCUT2D eigenvalue weighted by Crippen LogP contribution is 2.22. The highest BCUT2D eigenvalue weighted by Gasteiger charge is 2.15. The van der Waals surface area contributed by atoms with E-state index in [1.54, 1.807) is 31.8 Å². The third-order valence-electron chi connectivity index (χ3n) is 2.99. The Morgan fingerprint density at radius 2 is 2.00 bits per heavy atom. The minimum Gasteiger partial charge on any atom is -0.322 e. The largest absolute Gasteiger partial charge is 0.322 e. The van der Waals surface area contributed by atoms with Crippen LogP contribution in [0.2, 0.25) is 0 Å². The molecule has 0 saturated carbocycles. The van der Waals surface area contributed by atoms with Crippen LogP contribution in [-0.4, -0.2) is 24.1 Å². The van der Waals surface area contributed by atoms with Crippen molar-refractivity contribution in [2.75, 3.05) is 5.32 Å². The van der Waals surface area contributed by atoms with Crippen molar-refractivity contribution in [3.8, 4) is 0 Å². The maximum Gasteiger partial charge on any atom is 0.261 e. The molecule has 0 radical (unpaired) electrons. The number of amides is 1. The van der Waals surface area contributed by atoms with Gasteiger partial charge in [-0.3, -0.25) is 9.48 Å². The van der Waals surface area contributed by atoms with Crippen LogP contribution in [0.5, 0.6) is 0 Å². The fourth-order valence-electron chi connectivity index (χ4n) is 1.94. The summed E-state index contributed by atoms with van der Waals surface area (Å²) in [6.07, 6.45) is 1.62. The maximum atomic E-state index is 12.2. The second-order valence-electron chi connectivity index (χ2n) is 4.67. The molecule has 8 heteroatoms. The number of hydrogen-bond donors (Lipinski definition) is 1. The molecule has 0 spiro atoms. The van der Waals surface area contributed by atoms with E-state index < -0.39 is 9.05 Å². The van der Waals surface area contributed by atoms with E-state index in [1.165, 1.54) is 18.2 Å². The molecule has 1 amide bonds. The zero-order valence-electron chi connectivity index (χ0n) is 11.7. The average Bonchev–Trinajstić information content (AvgIpc) is 2.69. The summed E-state index contributed by atoms with van der Waals surface area (Å²) < 4.78 is 24.1. The topological polar surface area (TPSA) is 81.1 Å². The van der Waals surface area contributed by atoms with Gasteiger partial charge in [-0.05, 0) is 37.6 Å². The first kappa shape index (κ1) is 15.5. The highest BCUT2D eigenvalue weighted by molar-refractivity contribution is 8.13. The van der Waals surface area contributed by atoms with Crippen molar-refractivity contribution in [3.63, 3.8) is 0 Å². The lowest BCUT2D eigenvalue weighted by atomic mass is 10.2. The Kier molecular flexibility index (Phi) is 4.06. The molecule has 1 aromatic heterocycles. The van der Waals surface area contributed by atoms with E-state index in [4.69, 9.17) is 10.7 Å². The van der Waals surface area contributed by atoms with Crippen molar-refractivity contribution in [1.82, 2.24) is 9.78 Å². The minimum absolute atomic E-state index is 0.00257. The molecular weight excluding hydrogens is 314 g/mol. The van der Waals surface area contributed by atoms with Crippen LogP contribution < -0.4 is 5.32 Å². The summed E-state index contributed by atoms with van der Waals surface area (Å²) in [6.45, 7) is 3.43. The van der Waals surface area contributed by atoms with Crippen LogP contribution in [0.4, 0.5) is 5.69 Å². The fraction of sp³-hybridized carbons (Fsp3) is 0.231. The Balaban J connectivity index is 2.28. The van der Waals surface area contributed by atoms with Crippen LogP contribution in [0.3, 0.4) is 0 Å². The van der Waals surface area contributed by atoms with Gasteiger partial charge in [0.25, 0.3) is 15.0 Å². The summed E-state index contributed by atoms with van der Waals surface area (Å²) in [5, 5.41) is 6.83. The molecule has 1 aromatic carbocycles. The van der Waals surface area contributed by atoms with Gasteiger partial charge < -0.3 is 5.32 Å². The molecule has 21 heavy (non-hydrogen) atoms. The van der Waals surface area contributed by atoms with E-state index in [1.807, 2.05) is 0 Å². The Morgan fingerprint density at radius 1 is 1.33 bits per heavy atom. The molecule has 2 aromatic rings. The fourth-order valence-corrected chi connectivity index (χ4v) is 2.78. The van der Waals surface area contributed by atoms with Gasteiger partial charge in [-0.2, -0.15) is 5.10 Å². The molecule has 1 heterocycles. The molecule has 0 aliphatic carbocycles. The van der Waals surface area contributed by atoms with E-state index in [9.17, 15) is 13.2 Å². The number of aryl methyl sites for hydroxylation is 3. The van der Waals surface area contributed by atoms with Crippen molar-refractivity contribution in [1.29, 1.82) is 0 Å². The van der Waals surface area contributed by atoms with Gasteiger partial charge >= 0.3 is 0 Å². The number of aromatic nitrogens is 2. The molecule has 0 saturated heterocycles. The second kappa shape index (κ2) is 5.50. The standard InChI is InChI=1S/C13H14ClN3O3S/c1-8-6-10(21(14,19)20)4-5-12(8)15-13(18)11-7-17(3)16-9(11)2/h4-7H,1-3H3,(H,15,18). The second-order valence-corrected chi connectivity index (χ2v) is 7.24. The van der Waals surface area contributed by atoms with Crippen molar-refractivity contribution in [2.45, 2.75) is 18.7 Å². The van der Waals surface area contributed by atoms with E-state index in [0.29, 0.717) is 22.5 Å². The molecule has 0 aliphatic rings. The zero-order valence-corrected chi connectivity index (χ0v) is 13.3. The smallest absolute Gasteiger partial charge is 0.261 e. The molecule has 0 atom stereocenters. The van der Waals surface area contributed by atoms with Gasteiger partial charge in [-0.25, -0.2) is 8.42 Å².